The second-order valence-electron chi connectivity index (χ2n) is 4.82. The fraction of sp³-hybridized carbons (Fsp3) is 0.333. The Kier molecular flexibility index (Phi) is 7.57. The number of nitrogens with zero attached hydrogens (tertiary/aromatic N) is 3. The summed E-state index contributed by atoms with van der Waals surface area (Å²) in [6.07, 6.45) is -3.14. The molecule has 0 aliphatic heterocycles. The van der Waals surface area contributed by atoms with Crippen LogP contribution in [0.3, 0.4) is 0 Å². The number of fused-ring (bicyclic) bond motifs is 1. The second-order valence-corrected chi connectivity index (χ2v) is 4.82. The van der Waals surface area contributed by atoms with Gasteiger partial charge in [0.05, 0.1) is 19.0 Å². The first kappa shape index (κ1) is 21.4. The number of aliphatic hydroxyl groups excluding tert-OH is 1. The Morgan fingerprint density at radius 3 is 2.15 bits per heavy atom. The van der Waals surface area contributed by atoms with Gasteiger partial charge in [-0.2, -0.15) is 18.3 Å². The molecule has 5 nitrogen and oxygen atoms in total. The second kappa shape index (κ2) is 9.19. The topological polar surface area (TPSA) is 59.7 Å². The predicted octanol–water partition coefficient (Wildman–Crippen LogP) is 4.37. The van der Waals surface area contributed by atoms with E-state index in [-0.39, 0.29) is 11.3 Å². The van der Waals surface area contributed by atoms with Crippen LogP contribution in [0, 0.1) is 6.92 Å². The summed E-state index contributed by atoms with van der Waals surface area (Å²) in [7, 11) is 2.52. The number of aliphatic hydroxyl groups is 1. The van der Waals surface area contributed by atoms with E-state index in [1.807, 2.05) is 13.8 Å². The fourth-order valence-electron chi connectivity index (χ4n) is 2.18. The lowest BCUT2D eigenvalue weighted by atomic mass is 10.1. The molecule has 0 amide bonds. The number of aromatic nitrogens is 3. The summed E-state index contributed by atoms with van der Waals surface area (Å²) in [5, 5.41) is 10.8. The monoisotopic (exact) mass is 369 g/mol. The Hall–Kier alpha value is -2.61. The smallest absolute Gasteiger partial charge is 0.433 e. The number of methoxy groups -OCH3 is 1. The molecule has 0 bridgehead atoms. The number of rotatable bonds is 2. The molecule has 26 heavy (non-hydrogen) atoms. The van der Waals surface area contributed by atoms with Crippen molar-refractivity contribution in [2.45, 2.75) is 26.9 Å². The molecule has 1 N–H and O–H groups in total. The SMILES string of the molecule is CC.CO.COc1ccc(-c2cc(C(F)(F)F)n3ncc(C)c3n2)cc1. The summed E-state index contributed by atoms with van der Waals surface area (Å²) in [5.41, 5.74) is 0.749. The van der Waals surface area contributed by atoms with Crippen molar-refractivity contribution in [2.24, 2.45) is 0 Å². The highest BCUT2D eigenvalue weighted by Crippen LogP contribution is 2.32. The van der Waals surface area contributed by atoms with Crippen LogP contribution >= 0.6 is 0 Å². The van der Waals surface area contributed by atoms with Crippen LogP contribution in [0.5, 0.6) is 5.75 Å². The van der Waals surface area contributed by atoms with Gasteiger partial charge in [-0.3, -0.25) is 0 Å². The molecule has 0 spiro atoms. The van der Waals surface area contributed by atoms with E-state index >= 15 is 0 Å². The van der Waals surface area contributed by atoms with Crippen molar-refractivity contribution >= 4 is 5.65 Å². The summed E-state index contributed by atoms with van der Waals surface area (Å²) in [5.74, 6) is 0.626. The Morgan fingerprint density at radius 1 is 1.08 bits per heavy atom. The number of halogens is 3. The third-order valence-corrected chi connectivity index (χ3v) is 3.32. The molecule has 0 aliphatic rings. The highest BCUT2D eigenvalue weighted by Gasteiger charge is 2.35. The zero-order valence-corrected chi connectivity index (χ0v) is 15.3. The van der Waals surface area contributed by atoms with Gasteiger partial charge in [-0.05, 0) is 37.3 Å². The van der Waals surface area contributed by atoms with Gasteiger partial charge in [0.15, 0.2) is 11.3 Å². The van der Waals surface area contributed by atoms with Gasteiger partial charge >= 0.3 is 6.18 Å². The molecule has 2 heterocycles. The quantitative estimate of drug-likeness (QED) is 0.729. The van der Waals surface area contributed by atoms with E-state index in [0.29, 0.717) is 16.9 Å². The molecule has 0 radical (unpaired) electrons. The van der Waals surface area contributed by atoms with Crippen LogP contribution in [-0.2, 0) is 6.18 Å². The van der Waals surface area contributed by atoms with Crippen molar-refractivity contribution < 1.29 is 23.0 Å². The first-order chi connectivity index (χ1) is 12.4. The maximum absolute atomic E-state index is 13.2. The van der Waals surface area contributed by atoms with Crippen LogP contribution in [-0.4, -0.2) is 33.9 Å². The van der Waals surface area contributed by atoms with Crippen molar-refractivity contribution in [3.8, 4) is 17.0 Å². The molecule has 142 valence electrons. The van der Waals surface area contributed by atoms with E-state index in [4.69, 9.17) is 9.84 Å². The molecule has 0 unspecified atom stereocenters. The van der Waals surface area contributed by atoms with Gasteiger partial charge in [-0.15, -0.1) is 0 Å². The van der Waals surface area contributed by atoms with Crippen LogP contribution < -0.4 is 4.74 Å². The maximum atomic E-state index is 13.2. The molecule has 0 atom stereocenters. The molecule has 2 aromatic heterocycles. The van der Waals surface area contributed by atoms with Gasteiger partial charge in [0.2, 0.25) is 0 Å². The standard InChI is InChI=1S/C15H12F3N3O.C2H6.CH4O/c1-9-8-19-21-13(15(16,17)18)7-12(20-14(9)21)10-3-5-11(22-2)6-4-10;2*1-2/h3-8H,1-2H3;1-2H3;2H,1H3. The Labute approximate surface area is 150 Å². The molecule has 8 heteroatoms. The Balaban J connectivity index is 0.000000791. The summed E-state index contributed by atoms with van der Waals surface area (Å²) < 4.78 is 45.6. The van der Waals surface area contributed by atoms with Crippen LogP contribution in [0.1, 0.15) is 25.1 Å². The van der Waals surface area contributed by atoms with Gasteiger partial charge in [-0.25, -0.2) is 9.50 Å². The van der Waals surface area contributed by atoms with Crippen molar-refractivity contribution in [3.63, 3.8) is 0 Å². The molecule has 3 aromatic rings. The van der Waals surface area contributed by atoms with Crippen LogP contribution in [0.25, 0.3) is 16.9 Å². The van der Waals surface area contributed by atoms with Gasteiger partial charge < -0.3 is 9.84 Å². The summed E-state index contributed by atoms with van der Waals surface area (Å²) >= 11 is 0. The van der Waals surface area contributed by atoms with Crippen molar-refractivity contribution in [1.82, 2.24) is 14.6 Å². The van der Waals surface area contributed by atoms with E-state index in [0.717, 1.165) is 17.7 Å². The van der Waals surface area contributed by atoms with Crippen molar-refractivity contribution in [2.75, 3.05) is 14.2 Å². The molecule has 0 fully saturated rings. The first-order valence-corrected chi connectivity index (χ1v) is 7.92. The zero-order valence-electron chi connectivity index (χ0n) is 15.3. The Bertz CT molecular complexity index is 828. The number of alkyl halides is 3. The number of ether oxygens (including phenoxy) is 1. The molecule has 0 saturated carbocycles. The zero-order chi connectivity index (χ0) is 19.9. The average Bonchev–Trinajstić information content (AvgIpc) is 3.04. The lowest BCUT2D eigenvalue weighted by molar-refractivity contribution is -0.142. The normalized spacial score (nSPS) is 10.5. The number of benzene rings is 1. The van der Waals surface area contributed by atoms with Crippen molar-refractivity contribution in [1.29, 1.82) is 0 Å². The molecule has 1 aromatic carbocycles. The lowest BCUT2D eigenvalue weighted by Gasteiger charge is -2.11. The predicted molar refractivity (Wildman–Crippen MR) is 94.2 cm³/mol. The van der Waals surface area contributed by atoms with E-state index < -0.39 is 11.9 Å². The third kappa shape index (κ3) is 4.51. The van der Waals surface area contributed by atoms with Crippen LogP contribution in [0.2, 0.25) is 0 Å². The minimum absolute atomic E-state index is 0.195. The molecular formula is C18H22F3N3O2. The third-order valence-electron chi connectivity index (χ3n) is 3.32. The maximum Gasteiger partial charge on any atom is 0.433 e. The molecular weight excluding hydrogens is 347 g/mol. The Morgan fingerprint density at radius 2 is 1.65 bits per heavy atom. The minimum atomic E-state index is -4.51. The fourth-order valence-corrected chi connectivity index (χ4v) is 2.18. The van der Waals surface area contributed by atoms with E-state index in [1.165, 1.54) is 13.3 Å². The first-order valence-electron chi connectivity index (χ1n) is 7.92. The van der Waals surface area contributed by atoms with Gasteiger partial charge in [0.25, 0.3) is 0 Å². The summed E-state index contributed by atoms with van der Waals surface area (Å²) in [6.45, 7) is 5.67. The largest absolute Gasteiger partial charge is 0.497 e. The molecule has 0 saturated heterocycles. The lowest BCUT2D eigenvalue weighted by Crippen LogP contribution is -2.13. The van der Waals surface area contributed by atoms with Gasteiger partial charge in [0, 0.05) is 18.2 Å². The highest BCUT2D eigenvalue weighted by molar-refractivity contribution is 5.64. The van der Waals surface area contributed by atoms with Gasteiger partial charge in [-0.1, -0.05) is 13.8 Å². The molecule has 3 rings (SSSR count). The number of hydrogen-bond donors (Lipinski definition) is 1. The number of aryl methyl sites for hydroxylation is 1. The van der Waals surface area contributed by atoms with Crippen LogP contribution in [0.15, 0.2) is 36.5 Å². The van der Waals surface area contributed by atoms with Gasteiger partial charge in [0.1, 0.15) is 5.75 Å². The summed E-state index contributed by atoms with van der Waals surface area (Å²) in [6, 6.07) is 7.70. The van der Waals surface area contributed by atoms with E-state index in [9.17, 15) is 13.2 Å². The highest BCUT2D eigenvalue weighted by atomic mass is 19.4. The van der Waals surface area contributed by atoms with Crippen LogP contribution in [0.4, 0.5) is 13.2 Å². The molecule has 0 aliphatic carbocycles. The minimum Gasteiger partial charge on any atom is -0.497 e. The number of hydrogen-bond acceptors (Lipinski definition) is 4. The van der Waals surface area contributed by atoms with E-state index in [2.05, 4.69) is 10.1 Å². The summed E-state index contributed by atoms with van der Waals surface area (Å²) in [4.78, 5) is 4.29. The van der Waals surface area contributed by atoms with E-state index in [1.54, 1.807) is 31.2 Å². The average molecular weight is 369 g/mol. The van der Waals surface area contributed by atoms with Crippen molar-refractivity contribution in [3.05, 3.63) is 47.8 Å².